The van der Waals surface area contributed by atoms with E-state index in [1.807, 2.05) is 0 Å². The molecule has 0 aromatic carbocycles. The zero-order valence-corrected chi connectivity index (χ0v) is 7.46. The Kier molecular flexibility index (Phi) is 2.53. The highest BCUT2D eigenvalue weighted by molar-refractivity contribution is 5.44. The van der Waals surface area contributed by atoms with Gasteiger partial charge in [0.15, 0.2) is 0 Å². The molecule has 60 valence electrons. The standard InChI is InChI=1S/C10H15N/c1-4-6-9(2)11-8-5-7-10(11)3/h5-8H,4H2,1-3H3. The highest BCUT2D eigenvalue weighted by Crippen LogP contribution is 2.09. The van der Waals surface area contributed by atoms with E-state index in [-0.39, 0.29) is 0 Å². The van der Waals surface area contributed by atoms with Crippen molar-refractivity contribution in [2.75, 3.05) is 0 Å². The van der Waals surface area contributed by atoms with Crippen LogP contribution in [0.1, 0.15) is 26.0 Å². The second kappa shape index (κ2) is 3.42. The van der Waals surface area contributed by atoms with Crippen molar-refractivity contribution in [2.24, 2.45) is 0 Å². The van der Waals surface area contributed by atoms with Crippen molar-refractivity contribution in [3.8, 4) is 0 Å². The fraction of sp³-hybridized carbons (Fsp3) is 0.400. The van der Waals surface area contributed by atoms with Crippen molar-refractivity contribution in [3.63, 3.8) is 0 Å². The lowest BCUT2D eigenvalue weighted by atomic mass is 10.3. The van der Waals surface area contributed by atoms with E-state index in [9.17, 15) is 0 Å². The van der Waals surface area contributed by atoms with Crippen molar-refractivity contribution < 1.29 is 0 Å². The van der Waals surface area contributed by atoms with Gasteiger partial charge in [0.1, 0.15) is 0 Å². The van der Waals surface area contributed by atoms with Crippen LogP contribution in [0.25, 0.3) is 5.70 Å². The molecule has 0 fully saturated rings. The van der Waals surface area contributed by atoms with Crippen LogP contribution < -0.4 is 0 Å². The largest absolute Gasteiger partial charge is 0.326 e. The smallest absolute Gasteiger partial charge is 0.0192 e. The lowest BCUT2D eigenvalue weighted by molar-refractivity contribution is 1.02. The minimum absolute atomic E-state index is 1.10. The molecule has 0 aliphatic rings. The second-order valence-corrected chi connectivity index (χ2v) is 2.77. The van der Waals surface area contributed by atoms with Gasteiger partial charge in [0.25, 0.3) is 0 Å². The number of aromatic nitrogens is 1. The predicted molar refractivity (Wildman–Crippen MR) is 49.4 cm³/mol. The average Bonchev–Trinajstić information content (AvgIpc) is 2.36. The van der Waals surface area contributed by atoms with E-state index in [0.717, 1.165) is 6.42 Å². The molecule has 1 nitrogen and oxygen atoms in total. The van der Waals surface area contributed by atoms with Gasteiger partial charge >= 0.3 is 0 Å². The Hall–Kier alpha value is -0.980. The Bertz CT molecular complexity index is 256. The van der Waals surface area contributed by atoms with Crippen LogP contribution in [0.3, 0.4) is 0 Å². The summed E-state index contributed by atoms with van der Waals surface area (Å²) in [5, 5.41) is 0. The van der Waals surface area contributed by atoms with Crippen molar-refractivity contribution in [1.29, 1.82) is 0 Å². The van der Waals surface area contributed by atoms with E-state index in [0.29, 0.717) is 0 Å². The van der Waals surface area contributed by atoms with Gasteiger partial charge in [-0.05, 0) is 32.4 Å². The molecule has 1 heteroatoms. The van der Waals surface area contributed by atoms with Crippen LogP contribution in [-0.4, -0.2) is 4.57 Å². The fourth-order valence-electron chi connectivity index (χ4n) is 1.26. The molecule has 0 amide bonds. The zero-order valence-electron chi connectivity index (χ0n) is 7.46. The Morgan fingerprint density at radius 1 is 1.64 bits per heavy atom. The van der Waals surface area contributed by atoms with Crippen LogP contribution in [0.5, 0.6) is 0 Å². The first-order valence-electron chi connectivity index (χ1n) is 4.06. The lowest BCUT2D eigenvalue weighted by Gasteiger charge is -2.04. The van der Waals surface area contributed by atoms with E-state index in [4.69, 9.17) is 0 Å². The summed E-state index contributed by atoms with van der Waals surface area (Å²) in [4.78, 5) is 0. The van der Waals surface area contributed by atoms with Gasteiger partial charge in [0.2, 0.25) is 0 Å². The van der Waals surface area contributed by atoms with Gasteiger partial charge in [0.05, 0.1) is 0 Å². The Morgan fingerprint density at radius 2 is 2.36 bits per heavy atom. The van der Waals surface area contributed by atoms with Crippen molar-refractivity contribution in [1.82, 2.24) is 4.57 Å². The minimum atomic E-state index is 1.10. The minimum Gasteiger partial charge on any atom is -0.326 e. The third kappa shape index (κ3) is 1.73. The third-order valence-corrected chi connectivity index (χ3v) is 1.83. The van der Waals surface area contributed by atoms with E-state index in [2.05, 4.69) is 49.7 Å². The van der Waals surface area contributed by atoms with Gasteiger partial charge < -0.3 is 4.57 Å². The van der Waals surface area contributed by atoms with Crippen molar-refractivity contribution in [2.45, 2.75) is 27.2 Å². The first kappa shape index (κ1) is 8.12. The summed E-state index contributed by atoms with van der Waals surface area (Å²) in [6, 6.07) is 4.19. The van der Waals surface area contributed by atoms with E-state index in [1.165, 1.54) is 11.4 Å². The topological polar surface area (TPSA) is 4.93 Å². The quantitative estimate of drug-likeness (QED) is 0.609. The average molecular weight is 149 g/mol. The Balaban J connectivity index is 2.92. The first-order valence-corrected chi connectivity index (χ1v) is 4.06. The summed E-state index contributed by atoms with van der Waals surface area (Å²) in [6.45, 7) is 6.41. The van der Waals surface area contributed by atoms with Gasteiger partial charge in [-0.2, -0.15) is 0 Å². The molecule has 1 heterocycles. The number of hydrogen-bond donors (Lipinski definition) is 0. The predicted octanol–water partition coefficient (Wildman–Crippen LogP) is 3.07. The maximum absolute atomic E-state index is 2.23. The molecule has 0 radical (unpaired) electrons. The molecule has 0 saturated carbocycles. The third-order valence-electron chi connectivity index (χ3n) is 1.83. The molecular formula is C10H15N. The number of aryl methyl sites for hydroxylation is 1. The molecule has 0 aliphatic carbocycles. The Labute approximate surface area is 68.4 Å². The molecule has 0 bridgehead atoms. The number of rotatable bonds is 2. The Morgan fingerprint density at radius 3 is 2.82 bits per heavy atom. The molecule has 0 spiro atoms. The highest BCUT2D eigenvalue weighted by Gasteiger charge is 1.94. The number of hydrogen-bond acceptors (Lipinski definition) is 0. The molecule has 1 aromatic heterocycles. The summed E-state index contributed by atoms with van der Waals surface area (Å²) in [5.41, 5.74) is 2.61. The summed E-state index contributed by atoms with van der Waals surface area (Å²) < 4.78 is 2.20. The summed E-state index contributed by atoms with van der Waals surface area (Å²) in [5.74, 6) is 0. The van der Waals surface area contributed by atoms with Gasteiger partial charge in [0, 0.05) is 17.6 Å². The maximum Gasteiger partial charge on any atom is 0.0192 e. The van der Waals surface area contributed by atoms with Crippen LogP contribution >= 0.6 is 0 Å². The molecule has 0 atom stereocenters. The van der Waals surface area contributed by atoms with Crippen LogP contribution in [0, 0.1) is 6.92 Å². The fourth-order valence-corrected chi connectivity index (χ4v) is 1.26. The second-order valence-electron chi connectivity index (χ2n) is 2.77. The SMILES string of the molecule is CCC=C(C)n1cccc1C. The molecule has 11 heavy (non-hydrogen) atoms. The maximum atomic E-state index is 2.23. The summed E-state index contributed by atoms with van der Waals surface area (Å²) in [7, 11) is 0. The van der Waals surface area contributed by atoms with E-state index in [1.54, 1.807) is 0 Å². The summed E-state index contributed by atoms with van der Waals surface area (Å²) in [6.07, 6.45) is 5.42. The van der Waals surface area contributed by atoms with Gasteiger partial charge in [-0.15, -0.1) is 0 Å². The first-order chi connectivity index (χ1) is 5.25. The monoisotopic (exact) mass is 149 g/mol. The van der Waals surface area contributed by atoms with Crippen LogP contribution in [-0.2, 0) is 0 Å². The molecule has 0 aliphatic heterocycles. The normalized spacial score (nSPS) is 12.1. The number of allylic oxidation sites excluding steroid dienone is 2. The molecule has 0 N–H and O–H groups in total. The molecule has 0 unspecified atom stereocenters. The zero-order chi connectivity index (χ0) is 8.27. The van der Waals surface area contributed by atoms with Crippen LogP contribution in [0.4, 0.5) is 0 Å². The van der Waals surface area contributed by atoms with Gasteiger partial charge in [-0.25, -0.2) is 0 Å². The summed E-state index contributed by atoms with van der Waals surface area (Å²) >= 11 is 0. The molecule has 1 rings (SSSR count). The van der Waals surface area contributed by atoms with Crippen molar-refractivity contribution >= 4 is 5.70 Å². The van der Waals surface area contributed by atoms with Crippen LogP contribution in [0.15, 0.2) is 24.4 Å². The van der Waals surface area contributed by atoms with Crippen LogP contribution in [0.2, 0.25) is 0 Å². The lowest BCUT2D eigenvalue weighted by Crippen LogP contribution is -1.92. The molecule has 1 aromatic rings. The molecule has 0 saturated heterocycles. The van der Waals surface area contributed by atoms with Gasteiger partial charge in [-0.1, -0.05) is 13.0 Å². The number of nitrogens with zero attached hydrogens (tertiary/aromatic N) is 1. The molecular weight excluding hydrogens is 134 g/mol. The van der Waals surface area contributed by atoms with Gasteiger partial charge in [-0.3, -0.25) is 0 Å². The van der Waals surface area contributed by atoms with Crippen molar-refractivity contribution in [3.05, 3.63) is 30.1 Å². The highest BCUT2D eigenvalue weighted by atomic mass is 15.0. The van der Waals surface area contributed by atoms with E-state index < -0.39 is 0 Å². The van der Waals surface area contributed by atoms with E-state index >= 15 is 0 Å².